The monoisotopic (exact) mass is 330 g/mol. The fraction of sp³-hybridized carbons (Fsp3) is 0.722. The second kappa shape index (κ2) is 6.22. The maximum atomic E-state index is 13.0. The minimum absolute atomic E-state index is 0.0335. The lowest BCUT2D eigenvalue weighted by Gasteiger charge is -2.38. The van der Waals surface area contributed by atoms with E-state index in [9.17, 15) is 9.59 Å². The van der Waals surface area contributed by atoms with E-state index in [1.54, 1.807) is 0 Å². The minimum atomic E-state index is -0.0335. The number of nitrogens with zero attached hydrogens (tertiary/aromatic N) is 3. The zero-order chi connectivity index (χ0) is 16.7. The van der Waals surface area contributed by atoms with Gasteiger partial charge in [-0.05, 0) is 26.2 Å². The van der Waals surface area contributed by atoms with Crippen LogP contribution in [-0.2, 0) is 22.6 Å². The molecule has 1 aromatic heterocycles. The van der Waals surface area contributed by atoms with Crippen molar-refractivity contribution in [3.05, 3.63) is 17.2 Å². The zero-order valence-electron chi connectivity index (χ0n) is 14.4. The van der Waals surface area contributed by atoms with E-state index < -0.39 is 0 Å². The number of aromatic nitrogens is 2. The summed E-state index contributed by atoms with van der Waals surface area (Å²) in [5.41, 5.74) is 2.18. The van der Waals surface area contributed by atoms with Gasteiger partial charge in [0.2, 0.25) is 11.8 Å². The number of aromatic amines is 1. The van der Waals surface area contributed by atoms with Gasteiger partial charge in [-0.1, -0.05) is 12.8 Å². The molecule has 1 aliphatic carbocycles. The van der Waals surface area contributed by atoms with Crippen LogP contribution in [0.1, 0.15) is 55.7 Å². The van der Waals surface area contributed by atoms with Gasteiger partial charge < -0.3 is 14.8 Å². The minimum Gasteiger partial charge on any atom is -0.344 e. The van der Waals surface area contributed by atoms with Crippen LogP contribution in [0.4, 0.5) is 0 Å². The fourth-order valence-electron chi connectivity index (χ4n) is 4.53. The van der Waals surface area contributed by atoms with Crippen molar-refractivity contribution in [1.29, 1.82) is 0 Å². The van der Waals surface area contributed by atoms with Crippen LogP contribution >= 0.6 is 0 Å². The van der Waals surface area contributed by atoms with Gasteiger partial charge in [-0.2, -0.15) is 0 Å². The number of fused-ring (bicyclic) bond motifs is 1. The lowest BCUT2D eigenvalue weighted by Crippen LogP contribution is -2.50. The molecule has 3 aliphatic rings. The highest BCUT2D eigenvalue weighted by Crippen LogP contribution is 2.30. The Morgan fingerprint density at radius 1 is 1.21 bits per heavy atom. The largest absolute Gasteiger partial charge is 0.344 e. The number of carbonyl (C=O) groups is 2. The van der Waals surface area contributed by atoms with E-state index in [1.807, 2.05) is 16.7 Å². The average Bonchev–Trinajstić information content (AvgIpc) is 3.22. The van der Waals surface area contributed by atoms with Crippen molar-refractivity contribution in [3.63, 3.8) is 0 Å². The first kappa shape index (κ1) is 15.7. The van der Waals surface area contributed by atoms with Crippen LogP contribution in [0.5, 0.6) is 0 Å². The molecule has 130 valence electrons. The van der Waals surface area contributed by atoms with Crippen LogP contribution in [0.3, 0.4) is 0 Å². The smallest absolute Gasteiger partial charge is 0.227 e. The van der Waals surface area contributed by atoms with Crippen molar-refractivity contribution < 1.29 is 9.59 Å². The van der Waals surface area contributed by atoms with Crippen molar-refractivity contribution in [2.45, 2.75) is 64.5 Å². The summed E-state index contributed by atoms with van der Waals surface area (Å²) in [5, 5.41) is 0. The Balaban J connectivity index is 1.43. The molecule has 0 unspecified atom stereocenters. The molecule has 0 radical (unpaired) electrons. The summed E-state index contributed by atoms with van der Waals surface area (Å²) < 4.78 is 0. The van der Waals surface area contributed by atoms with E-state index in [-0.39, 0.29) is 17.7 Å². The molecular weight excluding hydrogens is 304 g/mol. The molecule has 4 rings (SSSR count). The number of nitrogens with one attached hydrogen (secondary N) is 1. The summed E-state index contributed by atoms with van der Waals surface area (Å²) >= 11 is 0. The van der Waals surface area contributed by atoms with Crippen molar-refractivity contribution in [1.82, 2.24) is 19.8 Å². The molecule has 0 bridgehead atoms. The number of aryl methyl sites for hydroxylation is 1. The summed E-state index contributed by atoms with van der Waals surface area (Å²) in [4.78, 5) is 37.0. The second-order valence-corrected chi connectivity index (χ2v) is 7.48. The molecule has 6 heteroatoms. The Morgan fingerprint density at radius 3 is 2.79 bits per heavy atom. The molecule has 1 saturated heterocycles. The van der Waals surface area contributed by atoms with E-state index in [0.29, 0.717) is 32.0 Å². The van der Waals surface area contributed by atoms with Gasteiger partial charge in [0.1, 0.15) is 5.82 Å². The van der Waals surface area contributed by atoms with Crippen LogP contribution < -0.4 is 0 Å². The predicted octanol–water partition coefficient (Wildman–Crippen LogP) is 1.78. The maximum absolute atomic E-state index is 13.0. The standard InChI is InChI=1S/C18H26N4O2/c1-12-19-15-8-9-21(11-16(15)20-12)18(24)13-6-7-17(23)22(10-13)14-4-2-3-5-14/h13-14H,2-11H2,1H3,(H,19,20)/t13-/m1/s1. The van der Waals surface area contributed by atoms with E-state index in [1.165, 1.54) is 12.8 Å². The molecule has 2 amide bonds. The Bertz CT molecular complexity index is 647. The highest BCUT2D eigenvalue weighted by molar-refractivity contribution is 5.84. The highest BCUT2D eigenvalue weighted by atomic mass is 16.2. The summed E-state index contributed by atoms with van der Waals surface area (Å²) in [7, 11) is 0. The van der Waals surface area contributed by atoms with Crippen LogP contribution in [0, 0.1) is 12.8 Å². The number of imidazole rings is 1. The van der Waals surface area contributed by atoms with Gasteiger partial charge in [-0.15, -0.1) is 0 Å². The van der Waals surface area contributed by atoms with Gasteiger partial charge in [0.15, 0.2) is 0 Å². The van der Waals surface area contributed by atoms with Crippen LogP contribution in [-0.4, -0.2) is 50.7 Å². The topological polar surface area (TPSA) is 69.3 Å². The third-order valence-electron chi connectivity index (χ3n) is 5.82. The molecule has 1 N–H and O–H groups in total. The quantitative estimate of drug-likeness (QED) is 0.899. The first-order chi connectivity index (χ1) is 11.6. The second-order valence-electron chi connectivity index (χ2n) is 7.48. The Morgan fingerprint density at radius 2 is 2.00 bits per heavy atom. The number of amides is 2. The number of H-pyrrole nitrogens is 1. The normalized spacial score (nSPS) is 25.2. The summed E-state index contributed by atoms with van der Waals surface area (Å²) in [5.74, 6) is 1.35. The molecule has 24 heavy (non-hydrogen) atoms. The van der Waals surface area contributed by atoms with Crippen LogP contribution in [0.15, 0.2) is 0 Å². The molecule has 1 saturated carbocycles. The van der Waals surface area contributed by atoms with Crippen molar-refractivity contribution in [3.8, 4) is 0 Å². The van der Waals surface area contributed by atoms with E-state index in [0.717, 1.165) is 43.0 Å². The third kappa shape index (κ3) is 2.82. The summed E-state index contributed by atoms with van der Waals surface area (Å²) in [6.07, 6.45) is 6.67. The Kier molecular flexibility index (Phi) is 4.06. The molecular formula is C18H26N4O2. The zero-order valence-corrected chi connectivity index (χ0v) is 14.4. The van der Waals surface area contributed by atoms with Crippen LogP contribution in [0.25, 0.3) is 0 Å². The number of likely N-dealkylation sites (tertiary alicyclic amines) is 1. The fourth-order valence-corrected chi connectivity index (χ4v) is 4.53. The SMILES string of the molecule is Cc1nc2c([nH]1)CN(C(=O)[C@@H]1CCC(=O)N(C3CCCC3)C1)CC2. The van der Waals surface area contributed by atoms with Gasteiger partial charge in [0.05, 0.1) is 23.9 Å². The highest BCUT2D eigenvalue weighted by Gasteiger charge is 2.37. The van der Waals surface area contributed by atoms with Gasteiger partial charge in [0.25, 0.3) is 0 Å². The van der Waals surface area contributed by atoms with Crippen molar-refractivity contribution in [2.75, 3.05) is 13.1 Å². The maximum Gasteiger partial charge on any atom is 0.227 e. The Labute approximate surface area is 142 Å². The number of hydrogen-bond donors (Lipinski definition) is 1. The van der Waals surface area contributed by atoms with Crippen LogP contribution in [0.2, 0.25) is 0 Å². The van der Waals surface area contributed by atoms with E-state index in [4.69, 9.17) is 0 Å². The molecule has 0 aromatic carbocycles. The predicted molar refractivity (Wildman–Crippen MR) is 89.1 cm³/mol. The lowest BCUT2D eigenvalue weighted by molar-refractivity contribution is -0.145. The average molecular weight is 330 g/mol. The van der Waals surface area contributed by atoms with E-state index >= 15 is 0 Å². The summed E-state index contributed by atoms with van der Waals surface area (Å²) in [6.45, 7) is 3.94. The van der Waals surface area contributed by atoms with Crippen molar-refractivity contribution >= 4 is 11.8 Å². The van der Waals surface area contributed by atoms with Crippen molar-refractivity contribution in [2.24, 2.45) is 5.92 Å². The molecule has 2 aliphatic heterocycles. The third-order valence-corrected chi connectivity index (χ3v) is 5.82. The first-order valence-electron chi connectivity index (χ1n) is 9.24. The summed E-state index contributed by atoms with van der Waals surface area (Å²) in [6, 6.07) is 0.372. The Hall–Kier alpha value is -1.85. The van der Waals surface area contributed by atoms with Gasteiger partial charge in [0, 0.05) is 32.0 Å². The molecule has 1 aromatic rings. The number of hydrogen-bond acceptors (Lipinski definition) is 3. The number of carbonyl (C=O) groups excluding carboxylic acids is 2. The van der Waals surface area contributed by atoms with Gasteiger partial charge >= 0.3 is 0 Å². The molecule has 2 fully saturated rings. The number of piperidine rings is 1. The van der Waals surface area contributed by atoms with Gasteiger partial charge in [-0.25, -0.2) is 4.98 Å². The first-order valence-corrected chi connectivity index (χ1v) is 9.24. The molecule has 6 nitrogen and oxygen atoms in total. The van der Waals surface area contributed by atoms with E-state index in [2.05, 4.69) is 9.97 Å². The number of rotatable bonds is 2. The van der Waals surface area contributed by atoms with Gasteiger partial charge in [-0.3, -0.25) is 9.59 Å². The molecule has 0 spiro atoms. The molecule has 1 atom stereocenters. The lowest BCUT2D eigenvalue weighted by atomic mass is 9.93. The molecule has 3 heterocycles.